The Balaban J connectivity index is 1.31. The van der Waals surface area contributed by atoms with Crippen LogP contribution in [0.3, 0.4) is 0 Å². The fourth-order valence-electron chi connectivity index (χ4n) is 3.84. The van der Waals surface area contributed by atoms with Crippen molar-refractivity contribution in [1.82, 2.24) is 15.2 Å². The molecule has 0 aliphatic carbocycles. The number of nitro benzene ring substituents is 1. The summed E-state index contributed by atoms with van der Waals surface area (Å²) in [5.74, 6) is 0.875. The molecule has 1 aliphatic heterocycles. The van der Waals surface area contributed by atoms with Crippen molar-refractivity contribution in [3.63, 3.8) is 0 Å². The molecule has 10 nitrogen and oxygen atoms in total. The summed E-state index contributed by atoms with van der Waals surface area (Å²) >= 11 is 1.63. The standard InChI is InChI=1S/C22H25N5O5S/c1-31-17-7-8-18-19(20(17)32-2)24-22(33-18)26-13-11-25(12-14-26)10-9-23-21(28)15-5-3-4-6-16(15)27(29)30/h3-8H,9-14H2,1-2H3,(H,23,28). The second-order valence-electron chi connectivity index (χ2n) is 7.50. The first-order valence-electron chi connectivity index (χ1n) is 10.5. The molecule has 1 amide bonds. The van der Waals surface area contributed by atoms with Crippen molar-refractivity contribution in [2.24, 2.45) is 0 Å². The number of carbonyl (C=O) groups excluding carboxylic acids is 1. The number of piperazine rings is 1. The molecule has 2 heterocycles. The van der Waals surface area contributed by atoms with Crippen LogP contribution in [0, 0.1) is 10.1 Å². The molecule has 1 N–H and O–H groups in total. The molecule has 0 bridgehead atoms. The van der Waals surface area contributed by atoms with E-state index in [-0.39, 0.29) is 11.3 Å². The Hall–Kier alpha value is -3.44. The Morgan fingerprint density at radius 2 is 1.91 bits per heavy atom. The number of carbonyl (C=O) groups is 1. The van der Waals surface area contributed by atoms with Crippen LogP contribution in [0.2, 0.25) is 0 Å². The van der Waals surface area contributed by atoms with Gasteiger partial charge in [-0.15, -0.1) is 0 Å². The molecule has 1 saturated heterocycles. The summed E-state index contributed by atoms with van der Waals surface area (Å²) in [7, 11) is 3.23. The highest BCUT2D eigenvalue weighted by Crippen LogP contribution is 2.40. The van der Waals surface area contributed by atoms with Gasteiger partial charge in [-0.1, -0.05) is 23.5 Å². The van der Waals surface area contributed by atoms with Crippen LogP contribution >= 0.6 is 11.3 Å². The molecule has 1 aromatic heterocycles. The molecule has 174 valence electrons. The Labute approximate surface area is 194 Å². The molecule has 2 aromatic carbocycles. The number of anilines is 1. The van der Waals surface area contributed by atoms with Gasteiger partial charge in [0.25, 0.3) is 11.6 Å². The number of hydrogen-bond acceptors (Lipinski definition) is 9. The summed E-state index contributed by atoms with van der Waals surface area (Å²) in [5.41, 5.74) is 0.695. The van der Waals surface area contributed by atoms with Crippen LogP contribution in [0.5, 0.6) is 11.5 Å². The lowest BCUT2D eigenvalue weighted by molar-refractivity contribution is -0.385. The van der Waals surface area contributed by atoms with Crippen LogP contribution in [-0.4, -0.2) is 74.2 Å². The molecule has 0 unspecified atom stereocenters. The zero-order valence-corrected chi connectivity index (χ0v) is 19.3. The first-order valence-corrected chi connectivity index (χ1v) is 11.3. The lowest BCUT2D eigenvalue weighted by atomic mass is 10.1. The van der Waals surface area contributed by atoms with E-state index in [9.17, 15) is 14.9 Å². The molecule has 0 atom stereocenters. The van der Waals surface area contributed by atoms with Crippen molar-refractivity contribution in [1.29, 1.82) is 0 Å². The first-order chi connectivity index (χ1) is 16.0. The smallest absolute Gasteiger partial charge is 0.282 e. The van der Waals surface area contributed by atoms with E-state index in [4.69, 9.17) is 14.5 Å². The largest absolute Gasteiger partial charge is 0.493 e. The van der Waals surface area contributed by atoms with Crippen LogP contribution < -0.4 is 19.7 Å². The van der Waals surface area contributed by atoms with Crippen molar-refractivity contribution >= 4 is 38.3 Å². The van der Waals surface area contributed by atoms with Gasteiger partial charge >= 0.3 is 0 Å². The maximum Gasteiger partial charge on any atom is 0.282 e. The van der Waals surface area contributed by atoms with E-state index >= 15 is 0 Å². The van der Waals surface area contributed by atoms with Gasteiger partial charge in [0.15, 0.2) is 16.6 Å². The van der Waals surface area contributed by atoms with Crippen molar-refractivity contribution in [3.8, 4) is 11.5 Å². The van der Waals surface area contributed by atoms with E-state index in [1.54, 1.807) is 37.7 Å². The molecule has 3 aromatic rings. The summed E-state index contributed by atoms with van der Waals surface area (Å²) in [6.07, 6.45) is 0. The van der Waals surface area contributed by atoms with Gasteiger partial charge < -0.3 is 19.7 Å². The fourth-order valence-corrected chi connectivity index (χ4v) is 4.86. The average molecular weight is 472 g/mol. The lowest BCUT2D eigenvalue weighted by Gasteiger charge is -2.34. The first kappa shape index (κ1) is 22.7. The van der Waals surface area contributed by atoms with Crippen molar-refractivity contribution in [3.05, 3.63) is 52.1 Å². The number of ether oxygens (including phenoxy) is 2. The molecule has 0 radical (unpaired) electrons. The fraction of sp³-hybridized carbons (Fsp3) is 0.364. The highest BCUT2D eigenvalue weighted by Gasteiger charge is 2.23. The number of thiazole rings is 1. The van der Waals surface area contributed by atoms with Crippen LogP contribution in [0.25, 0.3) is 10.2 Å². The Bertz CT molecular complexity index is 1160. The van der Waals surface area contributed by atoms with Crippen LogP contribution in [-0.2, 0) is 0 Å². The zero-order chi connectivity index (χ0) is 23.4. The van der Waals surface area contributed by atoms with Crippen molar-refractivity contribution < 1.29 is 19.2 Å². The van der Waals surface area contributed by atoms with E-state index in [1.807, 2.05) is 12.1 Å². The number of nitrogens with one attached hydrogen (secondary N) is 1. The SMILES string of the molecule is COc1ccc2sc(N3CCN(CCNC(=O)c4ccccc4[N+](=O)[O-])CC3)nc2c1OC. The van der Waals surface area contributed by atoms with E-state index in [2.05, 4.69) is 15.1 Å². The van der Waals surface area contributed by atoms with Crippen LogP contribution in [0.15, 0.2) is 36.4 Å². The predicted molar refractivity (Wildman–Crippen MR) is 127 cm³/mol. The van der Waals surface area contributed by atoms with Gasteiger partial charge in [-0.3, -0.25) is 19.8 Å². The summed E-state index contributed by atoms with van der Waals surface area (Å²) in [5, 5.41) is 14.9. The Morgan fingerprint density at radius 1 is 1.15 bits per heavy atom. The highest BCUT2D eigenvalue weighted by atomic mass is 32.1. The molecule has 1 fully saturated rings. The topological polar surface area (TPSA) is 110 Å². The average Bonchev–Trinajstić information content (AvgIpc) is 3.28. The quantitative estimate of drug-likeness (QED) is 0.395. The van der Waals surface area contributed by atoms with E-state index in [0.717, 1.165) is 41.5 Å². The normalized spacial score (nSPS) is 14.3. The summed E-state index contributed by atoms with van der Waals surface area (Å²) < 4.78 is 11.9. The molecule has 11 heteroatoms. The number of methoxy groups -OCH3 is 2. The number of nitrogens with zero attached hydrogens (tertiary/aromatic N) is 4. The Kier molecular flexibility index (Phi) is 6.90. The molecule has 1 aliphatic rings. The number of fused-ring (bicyclic) bond motifs is 1. The van der Waals surface area contributed by atoms with Crippen molar-refractivity contribution in [2.75, 3.05) is 58.4 Å². The minimum Gasteiger partial charge on any atom is -0.493 e. The molecule has 4 rings (SSSR count). The maximum atomic E-state index is 12.4. The second kappa shape index (κ2) is 10.0. The van der Waals surface area contributed by atoms with E-state index in [0.29, 0.717) is 24.6 Å². The lowest BCUT2D eigenvalue weighted by Crippen LogP contribution is -2.48. The van der Waals surface area contributed by atoms with Gasteiger partial charge in [-0.05, 0) is 18.2 Å². The van der Waals surface area contributed by atoms with E-state index < -0.39 is 10.8 Å². The third-order valence-corrected chi connectivity index (χ3v) is 6.67. The van der Waals surface area contributed by atoms with Crippen LogP contribution in [0.1, 0.15) is 10.4 Å². The third kappa shape index (κ3) is 4.83. The molecule has 0 spiro atoms. The maximum absolute atomic E-state index is 12.4. The van der Waals surface area contributed by atoms with Crippen molar-refractivity contribution in [2.45, 2.75) is 0 Å². The molecular formula is C22H25N5O5S. The summed E-state index contributed by atoms with van der Waals surface area (Å²) in [6, 6.07) is 9.85. The van der Waals surface area contributed by atoms with Crippen LogP contribution in [0.4, 0.5) is 10.8 Å². The molecule has 0 saturated carbocycles. The Morgan fingerprint density at radius 3 is 2.61 bits per heavy atom. The van der Waals surface area contributed by atoms with E-state index in [1.165, 1.54) is 12.1 Å². The summed E-state index contributed by atoms with van der Waals surface area (Å²) in [4.78, 5) is 32.2. The molecule has 33 heavy (non-hydrogen) atoms. The number of hydrogen-bond donors (Lipinski definition) is 1. The number of benzene rings is 2. The number of rotatable bonds is 8. The zero-order valence-electron chi connectivity index (χ0n) is 18.4. The van der Waals surface area contributed by atoms with Gasteiger partial charge in [0.2, 0.25) is 0 Å². The van der Waals surface area contributed by atoms with Gasteiger partial charge in [0.1, 0.15) is 11.1 Å². The van der Waals surface area contributed by atoms with Gasteiger partial charge in [-0.2, -0.15) is 0 Å². The predicted octanol–water partition coefficient (Wildman–Crippen LogP) is 2.77. The third-order valence-electron chi connectivity index (χ3n) is 5.59. The minimum absolute atomic E-state index is 0.0789. The highest BCUT2D eigenvalue weighted by molar-refractivity contribution is 7.22. The number of aromatic nitrogens is 1. The second-order valence-corrected chi connectivity index (χ2v) is 8.51. The number of para-hydroxylation sites is 1. The number of nitro groups is 1. The monoisotopic (exact) mass is 471 g/mol. The number of amides is 1. The van der Waals surface area contributed by atoms with Gasteiger partial charge in [0.05, 0.1) is 23.8 Å². The molecular weight excluding hydrogens is 446 g/mol. The van der Waals surface area contributed by atoms with Gasteiger partial charge in [-0.25, -0.2) is 4.98 Å². The summed E-state index contributed by atoms with van der Waals surface area (Å²) in [6.45, 7) is 4.39. The minimum atomic E-state index is -0.540. The van der Waals surface area contributed by atoms with Gasteiger partial charge in [0, 0.05) is 45.3 Å².